The van der Waals surface area contributed by atoms with Crippen LogP contribution in [0.1, 0.15) is 0 Å². The van der Waals surface area contributed by atoms with Gasteiger partial charge in [0, 0.05) is 87.6 Å². The van der Waals surface area contributed by atoms with Crippen molar-refractivity contribution in [2.45, 2.75) is 0 Å². The fourth-order valence-electron chi connectivity index (χ4n) is 11.2. The molecule has 81 heavy (non-hydrogen) atoms. The fraction of sp³-hybridized carbons (Fsp3) is 0. The zero-order valence-electron chi connectivity index (χ0n) is 42.3. The van der Waals surface area contributed by atoms with Gasteiger partial charge in [0.15, 0.2) is 46.6 Å². The van der Waals surface area contributed by atoms with E-state index in [1.54, 1.807) is 0 Å². The van der Waals surface area contributed by atoms with Gasteiger partial charge in [-0.15, -0.1) is 0 Å². The number of aromatic nitrogens is 16. The molecule has 0 saturated carbocycles. The van der Waals surface area contributed by atoms with Gasteiger partial charge in [-0.1, -0.05) is 194 Å². The zero-order chi connectivity index (χ0) is 52.4. The minimum absolute atomic E-state index is 0. The summed E-state index contributed by atoms with van der Waals surface area (Å²) in [5.41, 5.74) is 12.9. The predicted octanol–water partition coefficient (Wildman–Crippen LogP) is 13.7. The van der Waals surface area contributed by atoms with Gasteiger partial charge < -0.3 is 19.9 Å². The van der Waals surface area contributed by atoms with Crippen LogP contribution < -0.4 is 0 Å². The van der Waals surface area contributed by atoms with Crippen molar-refractivity contribution in [2.75, 3.05) is 0 Å². The van der Waals surface area contributed by atoms with Crippen LogP contribution in [0, 0.1) is 0 Å². The molecule has 16 bridgehead atoms. The van der Waals surface area contributed by atoms with Gasteiger partial charge in [-0.2, -0.15) is 0 Å². The molecule has 16 nitrogen and oxygen atoms in total. The second kappa shape index (κ2) is 18.2. The second-order valence-electron chi connectivity index (χ2n) is 19.6. The molecule has 374 valence electrons. The molecule has 18 rings (SSSR count). The van der Waals surface area contributed by atoms with E-state index < -0.39 is 0 Å². The number of benzene rings is 8. The van der Waals surface area contributed by atoms with Crippen LogP contribution in [0.3, 0.4) is 0 Å². The van der Waals surface area contributed by atoms with E-state index in [2.05, 4.69) is 19.9 Å². The van der Waals surface area contributed by atoms with E-state index in [4.69, 9.17) is 59.8 Å². The Kier molecular flexibility index (Phi) is 10.5. The van der Waals surface area contributed by atoms with E-state index in [1.807, 2.05) is 194 Å². The van der Waals surface area contributed by atoms with Crippen molar-refractivity contribution in [3.63, 3.8) is 0 Å². The van der Waals surface area contributed by atoms with Gasteiger partial charge in [0.1, 0.15) is 45.2 Å². The molecule has 4 aliphatic rings. The summed E-state index contributed by atoms with van der Waals surface area (Å²) in [6, 6.07) is 64.5. The number of nitrogens with zero attached hydrogens (tertiary/aromatic N) is 12. The topological polar surface area (TPSA) is 218 Å². The number of rotatable bonds is 0. The summed E-state index contributed by atoms with van der Waals surface area (Å²) in [5, 5.41) is 7.64. The van der Waals surface area contributed by atoms with Crippen molar-refractivity contribution in [1.82, 2.24) is 79.7 Å². The Morgan fingerprint density at radius 1 is 0.160 bits per heavy atom. The Morgan fingerprint density at radius 3 is 0.420 bits per heavy atom. The van der Waals surface area contributed by atoms with E-state index in [0.717, 1.165) is 87.6 Å². The van der Waals surface area contributed by atoms with Crippen LogP contribution in [-0.4, -0.2) is 79.7 Å². The molecule has 10 heterocycles. The van der Waals surface area contributed by atoms with Crippen molar-refractivity contribution in [1.29, 1.82) is 0 Å². The van der Waals surface area contributed by atoms with Crippen molar-refractivity contribution >= 4 is 88.3 Å². The SMILES string of the molecule is [Zr+2].c1ccc2c(c1)-c1nc-2nc2[nH]c(nc3nc(nc4[nH]c(n1)c1ccccc41)-c1ccccc1-3)c1ccccc21.c1ccc2c(c1)-c1nc-2nc2[nH]c(nc3nc(nc4[nH]c(n1)c1ccccc41)-c1ccccc1-3)c1ccccc21. The van der Waals surface area contributed by atoms with Gasteiger partial charge in [0.2, 0.25) is 0 Å². The Labute approximate surface area is 476 Å². The standard InChI is InChI=1S/2C32H18N8.Zr/c2*1-2-10-18-17(9-1)25-33-26(18)38-28-21-13-5-6-14-22(21)30(35-28)40-32-24-16-8-7-15-23(24)31(36-32)39-29-20-12-4-3-11-19(20)27(34-29)37-25;/h2*1-16H,(H2,33,34,35,36,37,38,39,40);/q;;+2. The number of H-pyrrole nitrogens is 4. The molecule has 0 amide bonds. The second-order valence-corrected chi connectivity index (χ2v) is 19.6. The summed E-state index contributed by atoms with van der Waals surface area (Å²) in [4.78, 5) is 73.5. The fourth-order valence-corrected chi connectivity index (χ4v) is 11.2. The Morgan fingerprint density at radius 2 is 0.284 bits per heavy atom. The average molecular weight is 1120 g/mol. The number of hydrogen-bond donors (Lipinski definition) is 4. The van der Waals surface area contributed by atoms with E-state index in [-0.39, 0.29) is 26.2 Å². The van der Waals surface area contributed by atoms with E-state index in [9.17, 15) is 0 Å². The van der Waals surface area contributed by atoms with Crippen LogP contribution in [0.5, 0.6) is 0 Å². The summed E-state index contributed by atoms with van der Waals surface area (Å²) < 4.78 is 0. The molecule has 8 aromatic carbocycles. The van der Waals surface area contributed by atoms with E-state index in [0.29, 0.717) is 91.8 Å². The van der Waals surface area contributed by atoms with Crippen molar-refractivity contribution < 1.29 is 26.2 Å². The molecule has 4 N–H and O–H groups in total. The summed E-state index contributed by atoms with van der Waals surface area (Å²) in [6.45, 7) is 0. The Bertz CT molecular complexity index is 4390. The molecule has 0 spiro atoms. The normalized spacial score (nSPS) is 11.9. The maximum Gasteiger partial charge on any atom is 2.00 e. The first-order valence-corrected chi connectivity index (χ1v) is 26.0. The molecule has 0 atom stereocenters. The van der Waals surface area contributed by atoms with Gasteiger partial charge in [-0.05, 0) is 0 Å². The molecule has 0 radical (unpaired) electrons. The maximum absolute atomic E-state index is 5.02. The summed E-state index contributed by atoms with van der Waals surface area (Å²) >= 11 is 0. The molecule has 17 heteroatoms. The van der Waals surface area contributed by atoms with Crippen molar-refractivity contribution in [3.05, 3.63) is 194 Å². The van der Waals surface area contributed by atoms with Crippen LogP contribution in [0.4, 0.5) is 0 Å². The first kappa shape index (κ1) is 46.5. The predicted molar refractivity (Wildman–Crippen MR) is 312 cm³/mol. The number of nitrogens with one attached hydrogen (secondary N) is 4. The van der Waals surface area contributed by atoms with Gasteiger partial charge in [-0.3, -0.25) is 0 Å². The number of aromatic amines is 4. The summed E-state index contributed by atoms with van der Waals surface area (Å²) in [5.74, 6) is 4.78. The third-order valence-corrected chi connectivity index (χ3v) is 14.9. The molecular formula is C64H36N16Zr+2. The van der Waals surface area contributed by atoms with Gasteiger partial charge >= 0.3 is 26.2 Å². The molecule has 14 aromatic rings. The third kappa shape index (κ3) is 7.46. The molecular weight excluding hydrogens is 1080 g/mol. The quantitative estimate of drug-likeness (QED) is 0.111. The Hall–Kier alpha value is -10.6. The smallest absolute Gasteiger partial charge is 0.324 e. The number of hydrogen-bond acceptors (Lipinski definition) is 12. The monoisotopic (exact) mass is 1120 g/mol. The van der Waals surface area contributed by atoms with Gasteiger partial charge in [0.25, 0.3) is 0 Å². The summed E-state index contributed by atoms with van der Waals surface area (Å²) in [6.07, 6.45) is 0. The Balaban J connectivity index is 0.000000132. The van der Waals surface area contributed by atoms with Crippen LogP contribution in [0.2, 0.25) is 0 Å². The molecule has 6 aromatic heterocycles. The number of fused-ring (bicyclic) bond motifs is 40. The molecule has 4 aliphatic heterocycles. The zero-order valence-corrected chi connectivity index (χ0v) is 44.8. The average Bonchev–Trinajstić information content (AvgIpc) is 4.53. The molecule has 0 aliphatic carbocycles. The van der Waals surface area contributed by atoms with E-state index >= 15 is 0 Å². The first-order chi connectivity index (χ1) is 39.6. The van der Waals surface area contributed by atoms with Crippen LogP contribution in [-0.2, 0) is 26.2 Å². The maximum atomic E-state index is 5.02. The van der Waals surface area contributed by atoms with Gasteiger partial charge in [0.05, 0.1) is 0 Å². The summed E-state index contributed by atoms with van der Waals surface area (Å²) in [7, 11) is 0. The molecule has 0 saturated heterocycles. The van der Waals surface area contributed by atoms with Crippen molar-refractivity contribution in [3.8, 4) is 91.1 Å². The van der Waals surface area contributed by atoms with Crippen LogP contribution >= 0.6 is 0 Å². The minimum atomic E-state index is 0. The van der Waals surface area contributed by atoms with Crippen molar-refractivity contribution in [2.24, 2.45) is 0 Å². The molecule has 0 fully saturated rings. The first-order valence-electron chi connectivity index (χ1n) is 26.0. The minimum Gasteiger partial charge on any atom is -0.324 e. The molecule has 0 unspecified atom stereocenters. The van der Waals surface area contributed by atoms with Gasteiger partial charge in [-0.25, -0.2) is 59.8 Å². The van der Waals surface area contributed by atoms with E-state index in [1.165, 1.54) is 0 Å². The third-order valence-electron chi connectivity index (χ3n) is 14.9. The van der Waals surface area contributed by atoms with Crippen LogP contribution in [0.25, 0.3) is 179 Å². The van der Waals surface area contributed by atoms with Crippen LogP contribution in [0.15, 0.2) is 194 Å². The largest absolute Gasteiger partial charge is 2.00 e.